The first-order chi connectivity index (χ1) is 10.9. The van der Waals surface area contributed by atoms with Gasteiger partial charge in [-0.2, -0.15) is 5.10 Å². The third kappa shape index (κ3) is 5.29. The van der Waals surface area contributed by atoms with E-state index in [1.54, 1.807) is 19.3 Å². The van der Waals surface area contributed by atoms with Crippen LogP contribution in [0.25, 0.3) is 0 Å². The van der Waals surface area contributed by atoms with Gasteiger partial charge in [0.2, 0.25) is 10.0 Å². The lowest BCUT2D eigenvalue weighted by Crippen LogP contribution is -2.44. The normalized spacial score (nSPS) is 19.0. The largest absolute Gasteiger partial charge is 0.374 e. The molecule has 1 N–H and O–H groups in total. The molecule has 1 fully saturated rings. The van der Waals surface area contributed by atoms with Crippen molar-refractivity contribution in [2.75, 3.05) is 36.9 Å². The maximum atomic E-state index is 11.7. The molecule has 0 radical (unpaired) electrons. The fraction of sp³-hybridized carbons (Fsp3) is 0.714. The van der Waals surface area contributed by atoms with Crippen LogP contribution in [-0.4, -0.2) is 56.3 Å². The maximum absolute atomic E-state index is 11.7. The number of anilines is 1. The Morgan fingerprint density at radius 1 is 1.48 bits per heavy atom. The fourth-order valence-electron chi connectivity index (χ4n) is 2.48. The summed E-state index contributed by atoms with van der Waals surface area (Å²) < 4.78 is 32.8. The van der Waals surface area contributed by atoms with Crippen LogP contribution < -0.4 is 15.2 Å². The van der Waals surface area contributed by atoms with Gasteiger partial charge in [-0.3, -0.25) is 4.79 Å². The van der Waals surface area contributed by atoms with Gasteiger partial charge in [-0.15, -0.1) is 0 Å². The highest BCUT2D eigenvalue weighted by Gasteiger charge is 2.21. The molecule has 1 unspecified atom stereocenters. The number of rotatable bonds is 7. The molecule has 9 heteroatoms. The van der Waals surface area contributed by atoms with E-state index in [1.165, 1.54) is 4.68 Å². The quantitative estimate of drug-likeness (QED) is 0.730. The molecule has 1 aromatic heterocycles. The SMILES string of the molecule is CCCS(=O)(=O)NCCC1CN(c2cnn(C)c(=O)c2)CCO1. The molecule has 0 amide bonds. The average molecular weight is 344 g/mol. The zero-order valence-electron chi connectivity index (χ0n) is 13.6. The number of aromatic nitrogens is 2. The van der Waals surface area contributed by atoms with Gasteiger partial charge in [-0.1, -0.05) is 6.92 Å². The summed E-state index contributed by atoms with van der Waals surface area (Å²) in [6.45, 7) is 4.04. The lowest BCUT2D eigenvalue weighted by Gasteiger charge is -2.34. The van der Waals surface area contributed by atoms with E-state index in [-0.39, 0.29) is 17.4 Å². The molecule has 0 aliphatic carbocycles. The van der Waals surface area contributed by atoms with E-state index in [1.807, 2.05) is 11.8 Å². The van der Waals surface area contributed by atoms with Gasteiger partial charge in [-0.05, 0) is 12.8 Å². The standard InChI is InChI=1S/C14H24N4O4S/c1-3-8-23(20,21)16-5-4-13-11-18(6-7-22-13)12-9-14(19)17(2)15-10-12/h9-10,13,16H,3-8,11H2,1-2H3. The summed E-state index contributed by atoms with van der Waals surface area (Å²) in [5.41, 5.74) is 0.617. The minimum atomic E-state index is -3.18. The number of morpholine rings is 1. The molecule has 0 saturated carbocycles. The number of aryl methyl sites for hydroxylation is 1. The van der Waals surface area contributed by atoms with Crippen LogP contribution in [0.15, 0.2) is 17.1 Å². The van der Waals surface area contributed by atoms with Crippen LogP contribution in [0, 0.1) is 0 Å². The Bertz CT molecular complexity index is 674. The Morgan fingerprint density at radius 3 is 2.96 bits per heavy atom. The molecule has 2 rings (SSSR count). The third-order valence-electron chi connectivity index (χ3n) is 3.72. The highest BCUT2D eigenvalue weighted by atomic mass is 32.2. The van der Waals surface area contributed by atoms with Crippen LogP contribution in [0.2, 0.25) is 0 Å². The second-order valence-corrected chi connectivity index (χ2v) is 7.54. The monoisotopic (exact) mass is 344 g/mol. The first-order valence-corrected chi connectivity index (χ1v) is 9.44. The van der Waals surface area contributed by atoms with Crippen LogP contribution >= 0.6 is 0 Å². The van der Waals surface area contributed by atoms with E-state index in [0.717, 1.165) is 5.69 Å². The highest BCUT2D eigenvalue weighted by molar-refractivity contribution is 7.89. The first kappa shape index (κ1) is 17.9. The van der Waals surface area contributed by atoms with Crippen LogP contribution in [0.3, 0.4) is 0 Å². The van der Waals surface area contributed by atoms with E-state index in [2.05, 4.69) is 9.82 Å². The van der Waals surface area contributed by atoms with Gasteiger partial charge in [0.05, 0.1) is 30.3 Å². The van der Waals surface area contributed by atoms with Crippen molar-refractivity contribution in [1.82, 2.24) is 14.5 Å². The maximum Gasteiger partial charge on any atom is 0.268 e. The first-order valence-electron chi connectivity index (χ1n) is 7.78. The molecule has 0 bridgehead atoms. The van der Waals surface area contributed by atoms with Crippen molar-refractivity contribution in [1.29, 1.82) is 0 Å². The molecule has 1 aromatic rings. The molecule has 8 nitrogen and oxygen atoms in total. The van der Waals surface area contributed by atoms with Gasteiger partial charge in [0.1, 0.15) is 0 Å². The van der Waals surface area contributed by atoms with E-state index >= 15 is 0 Å². The Hall–Kier alpha value is -1.45. The molecular weight excluding hydrogens is 320 g/mol. The van der Waals surface area contributed by atoms with Crippen LogP contribution in [0.1, 0.15) is 19.8 Å². The summed E-state index contributed by atoms with van der Waals surface area (Å²) in [7, 11) is -1.57. The molecule has 1 atom stereocenters. The van der Waals surface area contributed by atoms with Crippen molar-refractivity contribution >= 4 is 15.7 Å². The summed E-state index contributed by atoms with van der Waals surface area (Å²) in [4.78, 5) is 13.7. The number of nitrogens with zero attached hydrogens (tertiary/aromatic N) is 3. The Kier molecular flexibility index (Phi) is 6.14. The second kappa shape index (κ2) is 7.89. The molecular formula is C14H24N4O4S. The Morgan fingerprint density at radius 2 is 2.26 bits per heavy atom. The lowest BCUT2D eigenvalue weighted by molar-refractivity contribution is 0.0363. The summed E-state index contributed by atoms with van der Waals surface area (Å²) >= 11 is 0. The topological polar surface area (TPSA) is 93.5 Å². The van der Waals surface area contributed by atoms with E-state index in [0.29, 0.717) is 39.1 Å². The van der Waals surface area contributed by atoms with Gasteiger partial charge in [-0.25, -0.2) is 17.8 Å². The molecule has 130 valence electrons. The van der Waals surface area contributed by atoms with Crippen molar-refractivity contribution in [2.45, 2.75) is 25.9 Å². The number of hydrogen-bond acceptors (Lipinski definition) is 6. The minimum Gasteiger partial charge on any atom is -0.374 e. The van der Waals surface area contributed by atoms with E-state index in [9.17, 15) is 13.2 Å². The van der Waals surface area contributed by atoms with Crippen LogP contribution in [-0.2, 0) is 21.8 Å². The number of hydrogen-bond donors (Lipinski definition) is 1. The molecule has 2 heterocycles. The second-order valence-electron chi connectivity index (χ2n) is 5.62. The van der Waals surface area contributed by atoms with Crippen LogP contribution in [0.5, 0.6) is 0 Å². The van der Waals surface area contributed by atoms with E-state index in [4.69, 9.17) is 4.74 Å². The van der Waals surface area contributed by atoms with Crippen molar-refractivity contribution in [2.24, 2.45) is 7.05 Å². The predicted octanol–water partition coefficient (Wildman–Crippen LogP) is -0.295. The number of nitrogens with one attached hydrogen (secondary N) is 1. The molecule has 23 heavy (non-hydrogen) atoms. The molecule has 1 aliphatic heterocycles. The zero-order chi connectivity index (χ0) is 16.9. The summed E-state index contributed by atoms with van der Waals surface area (Å²) in [6.07, 6.45) is 2.78. The molecule has 1 aliphatic rings. The van der Waals surface area contributed by atoms with Crippen molar-refractivity contribution < 1.29 is 13.2 Å². The summed E-state index contributed by atoms with van der Waals surface area (Å²) in [6, 6.07) is 1.55. The Labute approximate surface area is 136 Å². The molecule has 0 aromatic carbocycles. The molecule has 1 saturated heterocycles. The van der Waals surface area contributed by atoms with Gasteiger partial charge in [0.15, 0.2) is 0 Å². The van der Waals surface area contributed by atoms with Crippen molar-refractivity contribution in [3.05, 3.63) is 22.6 Å². The highest BCUT2D eigenvalue weighted by Crippen LogP contribution is 2.16. The number of ether oxygens (including phenoxy) is 1. The minimum absolute atomic E-state index is 0.0721. The van der Waals surface area contributed by atoms with E-state index < -0.39 is 10.0 Å². The Balaban J connectivity index is 1.88. The third-order valence-corrected chi connectivity index (χ3v) is 5.31. The average Bonchev–Trinajstić information content (AvgIpc) is 2.50. The smallest absolute Gasteiger partial charge is 0.268 e. The van der Waals surface area contributed by atoms with Gasteiger partial charge in [0.25, 0.3) is 5.56 Å². The van der Waals surface area contributed by atoms with Gasteiger partial charge in [0, 0.05) is 32.7 Å². The summed E-state index contributed by atoms with van der Waals surface area (Å²) in [5, 5.41) is 4.02. The fourth-order valence-corrected chi connectivity index (χ4v) is 3.59. The predicted molar refractivity (Wildman–Crippen MR) is 88.1 cm³/mol. The zero-order valence-corrected chi connectivity index (χ0v) is 14.4. The van der Waals surface area contributed by atoms with Crippen molar-refractivity contribution in [3.63, 3.8) is 0 Å². The van der Waals surface area contributed by atoms with Gasteiger partial charge < -0.3 is 9.64 Å². The molecule has 0 spiro atoms. The summed E-state index contributed by atoms with van der Waals surface area (Å²) in [5.74, 6) is 0.142. The number of sulfonamides is 1. The van der Waals surface area contributed by atoms with Crippen LogP contribution in [0.4, 0.5) is 5.69 Å². The van der Waals surface area contributed by atoms with Crippen molar-refractivity contribution in [3.8, 4) is 0 Å². The lowest BCUT2D eigenvalue weighted by atomic mass is 10.2. The van der Waals surface area contributed by atoms with Gasteiger partial charge >= 0.3 is 0 Å².